The standard InChI is InChI=1S/C14H15N/c1-10-6-7-13(11(2)9-10)14-5-4-8-15-12(14)3/h4-9H,1-3H3. The molecule has 0 spiro atoms. The Morgan fingerprint density at radius 2 is 1.73 bits per heavy atom. The summed E-state index contributed by atoms with van der Waals surface area (Å²) < 4.78 is 0. The Labute approximate surface area is 90.8 Å². The van der Waals surface area contributed by atoms with Crippen molar-refractivity contribution in [3.05, 3.63) is 53.3 Å². The molecule has 1 heteroatoms. The highest BCUT2D eigenvalue weighted by atomic mass is 14.7. The topological polar surface area (TPSA) is 12.9 Å². The first-order valence-electron chi connectivity index (χ1n) is 5.18. The number of aromatic nitrogens is 1. The van der Waals surface area contributed by atoms with Gasteiger partial charge in [0.25, 0.3) is 0 Å². The van der Waals surface area contributed by atoms with Crippen molar-refractivity contribution in [1.29, 1.82) is 0 Å². The average molecular weight is 197 g/mol. The van der Waals surface area contributed by atoms with Crippen molar-refractivity contribution in [1.82, 2.24) is 4.98 Å². The Hall–Kier alpha value is -1.63. The summed E-state index contributed by atoms with van der Waals surface area (Å²) in [5.41, 5.74) is 6.22. The van der Waals surface area contributed by atoms with Crippen LogP contribution in [0.25, 0.3) is 11.1 Å². The first-order valence-corrected chi connectivity index (χ1v) is 5.18. The molecule has 1 nitrogen and oxygen atoms in total. The highest BCUT2D eigenvalue weighted by Gasteiger charge is 2.04. The predicted octanol–water partition coefficient (Wildman–Crippen LogP) is 3.67. The number of nitrogens with zero attached hydrogens (tertiary/aromatic N) is 1. The molecule has 0 saturated carbocycles. The maximum absolute atomic E-state index is 4.32. The summed E-state index contributed by atoms with van der Waals surface area (Å²) in [7, 11) is 0. The zero-order valence-corrected chi connectivity index (χ0v) is 9.41. The minimum Gasteiger partial charge on any atom is -0.261 e. The summed E-state index contributed by atoms with van der Waals surface area (Å²) >= 11 is 0. The van der Waals surface area contributed by atoms with Gasteiger partial charge in [0.2, 0.25) is 0 Å². The van der Waals surface area contributed by atoms with Crippen LogP contribution in [0.1, 0.15) is 16.8 Å². The molecular formula is C14H15N. The van der Waals surface area contributed by atoms with Gasteiger partial charge in [-0.3, -0.25) is 4.98 Å². The maximum Gasteiger partial charge on any atom is 0.0451 e. The third-order valence-corrected chi connectivity index (χ3v) is 2.68. The monoisotopic (exact) mass is 197 g/mol. The number of hydrogen-bond acceptors (Lipinski definition) is 1. The molecule has 1 aromatic heterocycles. The van der Waals surface area contributed by atoms with Gasteiger partial charge in [0.15, 0.2) is 0 Å². The van der Waals surface area contributed by atoms with E-state index in [2.05, 4.69) is 50.0 Å². The third kappa shape index (κ3) is 1.91. The molecule has 0 N–H and O–H groups in total. The molecule has 0 aliphatic rings. The Bertz CT molecular complexity index is 486. The number of pyridine rings is 1. The van der Waals surface area contributed by atoms with Crippen LogP contribution in [0, 0.1) is 20.8 Å². The van der Waals surface area contributed by atoms with E-state index in [9.17, 15) is 0 Å². The molecule has 0 bridgehead atoms. The van der Waals surface area contributed by atoms with Crippen molar-refractivity contribution in [3.63, 3.8) is 0 Å². The van der Waals surface area contributed by atoms with E-state index in [4.69, 9.17) is 0 Å². The van der Waals surface area contributed by atoms with Gasteiger partial charge in [-0.25, -0.2) is 0 Å². The van der Waals surface area contributed by atoms with Crippen LogP contribution in [-0.4, -0.2) is 4.98 Å². The van der Waals surface area contributed by atoms with E-state index in [0.717, 1.165) is 5.69 Å². The molecule has 1 aromatic carbocycles. The SMILES string of the molecule is Cc1ccc(-c2cccnc2C)c(C)c1. The lowest BCUT2D eigenvalue weighted by atomic mass is 9.98. The largest absolute Gasteiger partial charge is 0.261 e. The van der Waals surface area contributed by atoms with E-state index in [1.807, 2.05) is 12.3 Å². The molecule has 0 fully saturated rings. The summed E-state index contributed by atoms with van der Waals surface area (Å²) in [6.07, 6.45) is 1.84. The van der Waals surface area contributed by atoms with Crippen LogP contribution >= 0.6 is 0 Å². The molecule has 76 valence electrons. The van der Waals surface area contributed by atoms with Crippen molar-refractivity contribution in [2.75, 3.05) is 0 Å². The highest BCUT2D eigenvalue weighted by molar-refractivity contribution is 5.69. The molecule has 15 heavy (non-hydrogen) atoms. The fourth-order valence-corrected chi connectivity index (χ4v) is 1.88. The van der Waals surface area contributed by atoms with Gasteiger partial charge in [0, 0.05) is 17.5 Å². The summed E-state index contributed by atoms with van der Waals surface area (Å²) in [4.78, 5) is 4.32. The van der Waals surface area contributed by atoms with E-state index < -0.39 is 0 Å². The summed E-state index contributed by atoms with van der Waals surface area (Å²) in [5.74, 6) is 0. The normalized spacial score (nSPS) is 10.3. The van der Waals surface area contributed by atoms with E-state index >= 15 is 0 Å². The van der Waals surface area contributed by atoms with E-state index in [1.54, 1.807) is 0 Å². The smallest absolute Gasteiger partial charge is 0.0451 e. The zero-order valence-electron chi connectivity index (χ0n) is 9.41. The van der Waals surface area contributed by atoms with Gasteiger partial charge < -0.3 is 0 Å². The molecule has 0 radical (unpaired) electrons. The Balaban J connectivity index is 2.60. The van der Waals surface area contributed by atoms with Crippen LogP contribution in [0.4, 0.5) is 0 Å². The van der Waals surface area contributed by atoms with Gasteiger partial charge in [-0.2, -0.15) is 0 Å². The van der Waals surface area contributed by atoms with Crippen LogP contribution in [-0.2, 0) is 0 Å². The lowest BCUT2D eigenvalue weighted by Gasteiger charge is -2.08. The molecule has 2 rings (SSSR count). The van der Waals surface area contributed by atoms with E-state index in [1.165, 1.54) is 22.3 Å². The lowest BCUT2D eigenvalue weighted by molar-refractivity contribution is 1.20. The number of hydrogen-bond donors (Lipinski definition) is 0. The van der Waals surface area contributed by atoms with Crippen LogP contribution in [0.3, 0.4) is 0 Å². The molecule has 0 amide bonds. The molecule has 2 aromatic rings. The average Bonchev–Trinajstić information content (AvgIpc) is 2.20. The van der Waals surface area contributed by atoms with Crippen molar-refractivity contribution in [2.24, 2.45) is 0 Å². The molecule has 0 atom stereocenters. The first kappa shape index (κ1) is 9.91. The fraction of sp³-hybridized carbons (Fsp3) is 0.214. The Kier molecular flexibility index (Phi) is 2.55. The van der Waals surface area contributed by atoms with Gasteiger partial charge in [-0.05, 0) is 38.0 Å². The molecule has 0 aliphatic carbocycles. The van der Waals surface area contributed by atoms with Crippen molar-refractivity contribution in [2.45, 2.75) is 20.8 Å². The summed E-state index contributed by atoms with van der Waals surface area (Å²) in [6.45, 7) is 6.32. The fourth-order valence-electron chi connectivity index (χ4n) is 1.88. The number of aryl methyl sites for hydroxylation is 3. The van der Waals surface area contributed by atoms with Crippen molar-refractivity contribution >= 4 is 0 Å². The second-order valence-electron chi connectivity index (χ2n) is 3.95. The van der Waals surface area contributed by atoms with Crippen molar-refractivity contribution in [3.8, 4) is 11.1 Å². The quantitative estimate of drug-likeness (QED) is 0.679. The van der Waals surface area contributed by atoms with Crippen LogP contribution in [0.5, 0.6) is 0 Å². The molecule has 1 heterocycles. The minimum absolute atomic E-state index is 1.09. The second-order valence-corrected chi connectivity index (χ2v) is 3.95. The van der Waals surface area contributed by atoms with Crippen LogP contribution < -0.4 is 0 Å². The molecule has 0 aliphatic heterocycles. The predicted molar refractivity (Wildman–Crippen MR) is 63.9 cm³/mol. The minimum atomic E-state index is 1.09. The van der Waals surface area contributed by atoms with Gasteiger partial charge in [0.05, 0.1) is 0 Å². The van der Waals surface area contributed by atoms with Crippen LogP contribution in [0.15, 0.2) is 36.5 Å². The van der Waals surface area contributed by atoms with E-state index in [0.29, 0.717) is 0 Å². The van der Waals surface area contributed by atoms with Crippen molar-refractivity contribution < 1.29 is 0 Å². The van der Waals surface area contributed by atoms with Crippen LogP contribution in [0.2, 0.25) is 0 Å². The highest BCUT2D eigenvalue weighted by Crippen LogP contribution is 2.25. The number of rotatable bonds is 1. The van der Waals surface area contributed by atoms with Gasteiger partial charge in [-0.15, -0.1) is 0 Å². The summed E-state index contributed by atoms with van der Waals surface area (Å²) in [6, 6.07) is 10.6. The lowest BCUT2D eigenvalue weighted by Crippen LogP contribution is -1.89. The molecular weight excluding hydrogens is 182 g/mol. The zero-order chi connectivity index (χ0) is 10.8. The first-order chi connectivity index (χ1) is 7.18. The van der Waals surface area contributed by atoms with Gasteiger partial charge in [-0.1, -0.05) is 29.8 Å². The Morgan fingerprint density at radius 1 is 0.933 bits per heavy atom. The second kappa shape index (κ2) is 3.85. The summed E-state index contributed by atoms with van der Waals surface area (Å²) in [5, 5.41) is 0. The third-order valence-electron chi connectivity index (χ3n) is 2.68. The van der Waals surface area contributed by atoms with Gasteiger partial charge >= 0.3 is 0 Å². The maximum atomic E-state index is 4.32. The molecule has 0 unspecified atom stereocenters. The van der Waals surface area contributed by atoms with Gasteiger partial charge in [0.1, 0.15) is 0 Å². The number of benzene rings is 1. The molecule has 0 saturated heterocycles. The van der Waals surface area contributed by atoms with E-state index in [-0.39, 0.29) is 0 Å². The Morgan fingerprint density at radius 3 is 2.40 bits per heavy atom.